The van der Waals surface area contributed by atoms with E-state index < -0.39 is 0 Å². The highest BCUT2D eigenvalue weighted by Gasteiger charge is 2.40. The van der Waals surface area contributed by atoms with Crippen LogP contribution in [0, 0.1) is 0 Å². The Hall–Kier alpha value is -1.83. The van der Waals surface area contributed by atoms with E-state index in [1.165, 1.54) is 12.0 Å². The maximum absolute atomic E-state index is 12.9. The number of rotatable bonds is 4. The summed E-state index contributed by atoms with van der Waals surface area (Å²) >= 11 is 0. The molecule has 2 aromatic rings. The number of carbonyl (C=O) groups is 1. The Bertz CT molecular complexity index is 548. The standard InChI is InChI=1S/C18H20O2/c19-17(13-15-9-12-20-14-15)18(10-5-2-6-11-18)16-7-3-1-4-8-16/h1,3-4,7-9,12,14H,2,5-6,10-11,13H2. The van der Waals surface area contributed by atoms with Crippen LogP contribution in [0.5, 0.6) is 0 Å². The molecule has 104 valence electrons. The van der Waals surface area contributed by atoms with Crippen LogP contribution in [0.15, 0.2) is 53.3 Å². The van der Waals surface area contributed by atoms with Gasteiger partial charge in [-0.05, 0) is 30.0 Å². The van der Waals surface area contributed by atoms with E-state index in [2.05, 4.69) is 12.1 Å². The number of hydrogen-bond donors (Lipinski definition) is 0. The number of hydrogen-bond acceptors (Lipinski definition) is 2. The lowest BCUT2D eigenvalue weighted by Gasteiger charge is -2.36. The Kier molecular flexibility index (Phi) is 3.72. The maximum atomic E-state index is 12.9. The van der Waals surface area contributed by atoms with E-state index in [0.717, 1.165) is 31.2 Å². The molecule has 20 heavy (non-hydrogen) atoms. The summed E-state index contributed by atoms with van der Waals surface area (Å²) in [6, 6.07) is 12.2. The van der Waals surface area contributed by atoms with Crippen LogP contribution in [-0.2, 0) is 16.6 Å². The number of carbonyl (C=O) groups excluding carboxylic acids is 1. The zero-order chi connectivity index (χ0) is 13.8. The molecule has 1 aromatic carbocycles. The fourth-order valence-corrected chi connectivity index (χ4v) is 3.39. The molecule has 2 heteroatoms. The molecular weight excluding hydrogens is 248 g/mol. The summed E-state index contributed by atoms with van der Waals surface area (Å²) in [6.45, 7) is 0. The minimum absolute atomic E-state index is 0.281. The minimum Gasteiger partial charge on any atom is -0.472 e. The topological polar surface area (TPSA) is 30.2 Å². The average Bonchev–Trinajstić information content (AvgIpc) is 3.02. The second-order valence-electron chi connectivity index (χ2n) is 5.74. The maximum Gasteiger partial charge on any atom is 0.147 e. The van der Waals surface area contributed by atoms with E-state index >= 15 is 0 Å². The zero-order valence-electron chi connectivity index (χ0n) is 11.7. The first-order valence-electron chi connectivity index (χ1n) is 7.41. The van der Waals surface area contributed by atoms with Crippen molar-refractivity contribution in [3.05, 3.63) is 60.1 Å². The van der Waals surface area contributed by atoms with Gasteiger partial charge >= 0.3 is 0 Å². The summed E-state index contributed by atoms with van der Waals surface area (Å²) in [7, 11) is 0. The highest BCUT2D eigenvalue weighted by Crippen LogP contribution is 2.41. The van der Waals surface area contributed by atoms with Crippen LogP contribution < -0.4 is 0 Å². The molecule has 0 unspecified atom stereocenters. The van der Waals surface area contributed by atoms with Gasteiger partial charge in [0.1, 0.15) is 5.78 Å². The van der Waals surface area contributed by atoms with Crippen molar-refractivity contribution in [3.63, 3.8) is 0 Å². The van der Waals surface area contributed by atoms with Gasteiger partial charge in [-0.1, -0.05) is 49.6 Å². The lowest BCUT2D eigenvalue weighted by atomic mass is 9.66. The predicted octanol–water partition coefficient (Wildman–Crippen LogP) is 4.29. The number of ketones is 1. The average molecular weight is 268 g/mol. The Morgan fingerprint density at radius 1 is 1.05 bits per heavy atom. The van der Waals surface area contributed by atoms with Gasteiger partial charge in [0.15, 0.2) is 0 Å². The molecule has 1 heterocycles. The first kappa shape index (κ1) is 13.2. The summed E-state index contributed by atoms with van der Waals surface area (Å²) < 4.78 is 5.09. The molecule has 0 spiro atoms. The zero-order valence-corrected chi connectivity index (χ0v) is 11.7. The van der Waals surface area contributed by atoms with Crippen LogP contribution in [0.3, 0.4) is 0 Å². The second-order valence-corrected chi connectivity index (χ2v) is 5.74. The predicted molar refractivity (Wildman–Crippen MR) is 78.6 cm³/mol. The van der Waals surface area contributed by atoms with E-state index in [1.807, 2.05) is 24.3 Å². The number of furan rings is 1. The van der Waals surface area contributed by atoms with Gasteiger partial charge in [-0.25, -0.2) is 0 Å². The first-order valence-corrected chi connectivity index (χ1v) is 7.41. The largest absolute Gasteiger partial charge is 0.472 e. The van der Waals surface area contributed by atoms with Crippen LogP contribution >= 0.6 is 0 Å². The third-order valence-corrected chi connectivity index (χ3v) is 4.51. The second kappa shape index (κ2) is 5.66. The summed E-state index contributed by atoms with van der Waals surface area (Å²) in [5, 5.41) is 0. The molecule has 1 saturated carbocycles. The molecule has 0 radical (unpaired) electrons. The van der Waals surface area contributed by atoms with E-state index in [0.29, 0.717) is 12.2 Å². The fraction of sp³-hybridized carbons (Fsp3) is 0.389. The Morgan fingerprint density at radius 3 is 2.45 bits per heavy atom. The number of Topliss-reactive ketones (excluding diaryl/α,β-unsaturated/α-hetero) is 1. The molecular formula is C18H20O2. The SMILES string of the molecule is O=C(Cc1ccoc1)C1(c2ccccc2)CCCCC1. The van der Waals surface area contributed by atoms with Crippen molar-refractivity contribution in [2.45, 2.75) is 43.9 Å². The van der Waals surface area contributed by atoms with Gasteiger partial charge in [0, 0.05) is 6.42 Å². The highest BCUT2D eigenvalue weighted by atomic mass is 16.3. The Labute approximate surface area is 119 Å². The quantitative estimate of drug-likeness (QED) is 0.828. The third kappa shape index (κ3) is 2.43. The van der Waals surface area contributed by atoms with Crippen molar-refractivity contribution in [2.75, 3.05) is 0 Å². The molecule has 0 amide bonds. The van der Waals surface area contributed by atoms with E-state index in [9.17, 15) is 4.79 Å². The molecule has 0 atom stereocenters. The molecule has 0 aliphatic heterocycles. The van der Waals surface area contributed by atoms with Crippen molar-refractivity contribution < 1.29 is 9.21 Å². The molecule has 1 aliphatic rings. The summed E-state index contributed by atoms with van der Waals surface area (Å²) in [5.41, 5.74) is 1.89. The van der Waals surface area contributed by atoms with Crippen LogP contribution in [0.4, 0.5) is 0 Å². The van der Waals surface area contributed by atoms with Gasteiger partial charge in [0.25, 0.3) is 0 Å². The third-order valence-electron chi connectivity index (χ3n) is 4.51. The van der Waals surface area contributed by atoms with E-state index in [1.54, 1.807) is 12.5 Å². The van der Waals surface area contributed by atoms with E-state index in [-0.39, 0.29) is 5.41 Å². The first-order chi connectivity index (χ1) is 9.81. The fourth-order valence-electron chi connectivity index (χ4n) is 3.39. The highest BCUT2D eigenvalue weighted by molar-refractivity contribution is 5.91. The minimum atomic E-state index is -0.281. The number of benzene rings is 1. The molecule has 0 saturated heterocycles. The van der Waals surface area contributed by atoms with Gasteiger partial charge in [0.05, 0.1) is 17.9 Å². The van der Waals surface area contributed by atoms with Gasteiger partial charge in [-0.3, -0.25) is 4.79 Å². The molecule has 3 rings (SSSR count). The van der Waals surface area contributed by atoms with Gasteiger partial charge in [0.2, 0.25) is 0 Å². The Balaban J connectivity index is 1.91. The van der Waals surface area contributed by atoms with Gasteiger partial charge < -0.3 is 4.42 Å². The lowest BCUT2D eigenvalue weighted by Crippen LogP contribution is -2.39. The van der Waals surface area contributed by atoms with Crippen molar-refractivity contribution in [3.8, 4) is 0 Å². The van der Waals surface area contributed by atoms with Crippen molar-refractivity contribution in [2.24, 2.45) is 0 Å². The van der Waals surface area contributed by atoms with Crippen molar-refractivity contribution in [1.29, 1.82) is 0 Å². The molecule has 1 aliphatic carbocycles. The smallest absolute Gasteiger partial charge is 0.147 e. The molecule has 0 bridgehead atoms. The Morgan fingerprint density at radius 2 is 1.80 bits per heavy atom. The molecule has 2 nitrogen and oxygen atoms in total. The van der Waals surface area contributed by atoms with E-state index in [4.69, 9.17) is 4.42 Å². The van der Waals surface area contributed by atoms with Crippen LogP contribution in [0.25, 0.3) is 0 Å². The van der Waals surface area contributed by atoms with Crippen LogP contribution in [0.2, 0.25) is 0 Å². The summed E-state index contributed by atoms with van der Waals surface area (Å²) in [5.74, 6) is 0.338. The van der Waals surface area contributed by atoms with Crippen molar-refractivity contribution >= 4 is 5.78 Å². The monoisotopic (exact) mass is 268 g/mol. The lowest BCUT2D eigenvalue weighted by molar-refractivity contribution is -0.125. The van der Waals surface area contributed by atoms with Gasteiger partial charge in [-0.15, -0.1) is 0 Å². The van der Waals surface area contributed by atoms with Gasteiger partial charge in [-0.2, -0.15) is 0 Å². The summed E-state index contributed by atoms with van der Waals surface area (Å²) in [4.78, 5) is 12.9. The normalized spacial score (nSPS) is 17.8. The van der Waals surface area contributed by atoms with Crippen LogP contribution in [0.1, 0.15) is 43.2 Å². The summed E-state index contributed by atoms with van der Waals surface area (Å²) in [6.07, 6.45) is 9.29. The van der Waals surface area contributed by atoms with Crippen molar-refractivity contribution in [1.82, 2.24) is 0 Å². The molecule has 1 aromatic heterocycles. The molecule has 1 fully saturated rings. The van der Waals surface area contributed by atoms with Crippen LogP contribution in [-0.4, -0.2) is 5.78 Å². The molecule has 0 N–H and O–H groups in total.